The SMILES string of the molecule is Cc1nc(-c2ccc(OCCCN3CCCC3C)cc2)oc1CN1CCN(C2CCCC2)CC1. The quantitative estimate of drug-likeness (QED) is 0.487. The van der Waals surface area contributed by atoms with Crippen molar-refractivity contribution in [2.24, 2.45) is 0 Å². The molecule has 0 bridgehead atoms. The molecular weight excluding hydrogens is 424 g/mol. The lowest BCUT2D eigenvalue weighted by atomic mass is 10.2. The third-order valence-corrected chi connectivity index (χ3v) is 8.16. The number of rotatable bonds is 9. The minimum Gasteiger partial charge on any atom is -0.494 e. The molecule has 186 valence electrons. The van der Waals surface area contributed by atoms with E-state index in [1.165, 1.54) is 58.2 Å². The molecule has 1 unspecified atom stereocenters. The minimum atomic E-state index is 0.715. The molecule has 1 aliphatic carbocycles. The zero-order chi connectivity index (χ0) is 23.3. The molecule has 0 spiro atoms. The van der Waals surface area contributed by atoms with Crippen LogP contribution >= 0.6 is 0 Å². The topological polar surface area (TPSA) is 45.0 Å². The van der Waals surface area contributed by atoms with E-state index in [0.717, 1.165) is 74.1 Å². The third-order valence-electron chi connectivity index (χ3n) is 8.16. The summed E-state index contributed by atoms with van der Waals surface area (Å²) in [6.45, 7) is 13.0. The highest BCUT2D eigenvalue weighted by molar-refractivity contribution is 5.55. The van der Waals surface area contributed by atoms with Crippen LogP contribution in [-0.4, -0.2) is 77.6 Å². The number of aromatic nitrogens is 1. The Kier molecular flexibility index (Phi) is 7.87. The molecular formula is C28H42N4O2. The Balaban J connectivity index is 1.09. The molecule has 6 nitrogen and oxygen atoms in total. The lowest BCUT2D eigenvalue weighted by Crippen LogP contribution is -2.49. The van der Waals surface area contributed by atoms with Gasteiger partial charge in [-0.15, -0.1) is 0 Å². The number of piperazine rings is 1. The first-order valence-corrected chi connectivity index (χ1v) is 13.6. The molecule has 3 heterocycles. The van der Waals surface area contributed by atoms with Crippen LogP contribution in [0.4, 0.5) is 0 Å². The van der Waals surface area contributed by atoms with Crippen LogP contribution in [0.5, 0.6) is 5.75 Å². The van der Waals surface area contributed by atoms with E-state index >= 15 is 0 Å². The van der Waals surface area contributed by atoms with Crippen LogP contribution in [-0.2, 0) is 6.54 Å². The second kappa shape index (κ2) is 11.2. The van der Waals surface area contributed by atoms with Crippen molar-refractivity contribution >= 4 is 0 Å². The number of hydrogen-bond donors (Lipinski definition) is 0. The lowest BCUT2D eigenvalue weighted by molar-refractivity contribution is 0.0894. The fraction of sp³-hybridized carbons (Fsp3) is 0.679. The van der Waals surface area contributed by atoms with E-state index in [0.29, 0.717) is 5.89 Å². The van der Waals surface area contributed by atoms with Crippen LogP contribution in [0, 0.1) is 6.92 Å². The van der Waals surface area contributed by atoms with Gasteiger partial charge in [-0.2, -0.15) is 0 Å². The highest BCUT2D eigenvalue weighted by Gasteiger charge is 2.27. The van der Waals surface area contributed by atoms with Gasteiger partial charge in [0.05, 0.1) is 18.8 Å². The van der Waals surface area contributed by atoms with Crippen LogP contribution < -0.4 is 4.74 Å². The summed E-state index contributed by atoms with van der Waals surface area (Å²) in [5.41, 5.74) is 2.02. The summed E-state index contributed by atoms with van der Waals surface area (Å²) in [5.74, 6) is 2.63. The number of nitrogens with zero attached hydrogens (tertiary/aromatic N) is 4. The summed E-state index contributed by atoms with van der Waals surface area (Å²) < 4.78 is 12.2. The second-order valence-electron chi connectivity index (χ2n) is 10.5. The number of likely N-dealkylation sites (tertiary alicyclic amines) is 1. The Labute approximate surface area is 205 Å². The Morgan fingerprint density at radius 1 is 0.971 bits per heavy atom. The maximum atomic E-state index is 6.22. The van der Waals surface area contributed by atoms with Crippen molar-refractivity contribution in [1.29, 1.82) is 0 Å². The Morgan fingerprint density at radius 3 is 2.44 bits per heavy atom. The summed E-state index contributed by atoms with van der Waals surface area (Å²) in [5, 5.41) is 0. The largest absolute Gasteiger partial charge is 0.494 e. The maximum absolute atomic E-state index is 6.22. The number of benzene rings is 1. The van der Waals surface area contributed by atoms with Gasteiger partial charge in [0.15, 0.2) is 0 Å². The predicted molar refractivity (Wildman–Crippen MR) is 136 cm³/mol. The van der Waals surface area contributed by atoms with Crippen molar-refractivity contribution in [2.75, 3.05) is 45.9 Å². The molecule has 1 atom stereocenters. The molecule has 6 heteroatoms. The molecule has 1 aromatic heterocycles. The molecule has 0 radical (unpaired) electrons. The van der Waals surface area contributed by atoms with E-state index in [2.05, 4.69) is 40.7 Å². The summed E-state index contributed by atoms with van der Waals surface area (Å²) in [4.78, 5) is 12.5. The Hall–Kier alpha value is -1.89. The van der Waals surface area contributed by atoms with Crippen molar-refractivity contribution < 1.29 is 9.15 Å². The summed E-state index contributed by atoms with van der Waals surface area (Å²) >= 11 is 0. The average molecular weight is 467 g/mol. The lowest BCUT2D eigenvalue weighted by Gasteiger charge is -2.37. The van der Waals surface area contributed by atoms with Gasteiger partial charge in [0.1, 0.15) is 11.5 Å². The summed E-state index contributed by atoms with van der Waals surface area (Å²) in [6.07, 6.45) is 9.36. The van der Waals surface area contributed by atoms with Crippen molar-refractivity contribution in [2.45, 2.75) is 77.4 Å². The Morgan fingerprint density at radius 2 is 1.74 bits per heavy atom. The first kappa shape index (κ1) is 23.8. The van der Waals surface area contributed by atoms with Gasteiger partial charge in [0.2, 0.25) is 5.89 Å². The molecule has 1 aromatic carbocycles. The summed E-state index contributed by atoms with van der Waals surface area (Å²) in [6, 6.07) is 9.77. The number of oxazole rings is 1. The van der Waals surface area contributed by atoms with Crippen LogP contribution in [0.2, 0.25) is 0 Å². The highest BCUT2D eigenvalue weighted by Crippen LogP contribution is 2.27. The smallest absolute Gasteiger partial charge is 0.226 e. The summed E-state index contributed by atoms with van der Waals surface area (Å²) in [7, 11) is 0. The molecule has 3 aliphatic rings. The predicted octanol–water partition coefficient (Wildman–Crippen LogP) is 4.96. The van der Waals surface area contributed by atoms with Crippen LogP contribution in [0.3, 0.4) is 0 Å². The third kappa shape index (κ3) is 5.84. The van der Waals surface area contributed by atoms with Crippen molar-refractivity contribution in [3.05, 3.63) is 35.7 Å². The molecule has 1 saturated carbocycles. The fourth-order valence-corrected chi connectivity index (χ4v) is 5.93. The first-order chi connectivity index (χ1) is 16.7. The first-order valence-electron chi connectivity index (χ1n) is 13.6. The van der Waals surface area contributed by atoms with Gasteiger partial charge < -0.3 is 14.1 Å². The zero-order valence-electron chi connectivity index (χ0n) is 21.2. The van der Waals surface area contributed by atoms with Gasteiger partial charge in [-0.1, -0.05) is 12.8 Å². The molecule has 3 fully saturated rings. The Bertz CT molecular complexity index is 898. The van der Waals surface area contributed by atoms with E-state index in [1.807, 2.05) is 12.1 Å². The minimum absolute atomic E-state index is 0.715. The maximum Gasteiger partial charge on any atom is 0.226 e. The molecule has 34 heavy (non-hydrogen) atoms. The van der Waals surface area contributed by atoms with Crippen molar-refractivity contribution in [1.82, 2.24) is 19.7 Å². The van der Waals surface area contributed by atoms with Crippen LogP contribution in [0.1, 0.15) is 63.3 Å². The number of hydrogen-bond acceptors (Lipinski definition) is 6. The standard InChI is InChI=1S/C28H42N4O2/c1-22-7-5-14-31(22)15-6-20-33-26-12-10-24(11-13-26)28-29-23(2)27(34-28)21-30-16-18-32(19-17-30)25-8-3-4-9-25/h10-13,22,25H,3-9,14-21H2,1-2H3. The van der Waals surface area contributed by atoms with E-state index < -0.39 is 0 Å². The normalized spacial score (nSPS) is 23.2. The van der Waals surface area contributed by atoms with Crippen LogP contribution in [0.15, 0.2) is 28.7 Å². The van der Waals surface area contributed by atoms with E-state index in [1.54, 1.807) is 0 Å². The van der Waals surface area contributed by atoms with Gasteiger partial charge >= 0.3 is 0 Å². The van der Waals surface area contributed by atoms with Crippen molar-refractivity contribution in [3.8, 4) is 17.2 Å². The molecule has 0 amide bonds. The van der Waals surface area contributed by atoms with E-state index in [-0.39, 0.29) is 0 Å². The molecule has 2 saturated heterocycles. The van der Waals surface area contributed by atoms with Gasteiger partial charge in [-0.25, -0.2) is 4.98 Å². The molecule has 2 aromatic rings. The number of ether oxygens (including phenoxy) is 1. The highest BCUT2D eigenvalue weighted by atomic mass is 16.5. The van der Waals surface area contributed by atoms with E-state index in [4.69, 9.17) is 14.1 Å². The van der Waals surface area contributed by atoms with Gasteiger partial charge in [-0.05, 0) is 76.8 Å². The average Bonchev–Trinajstić information content (AvgIpc) is 3.61. The van der Waals surface area contributed by atoms with Gasteiger partial charge in [-0.3, -0.25) is 9.80 Å². The second-order valence-corrected chi connectivity index (χ2v) is 10.5. The van der Waals surface area contributed by atoms with E-state index in [9.17, 15) is 0 Å². The molecule has 5 rings (SSSR count). The van der Waals surface area contributed by atoms with Crippen molar-refractivity contribution in [3.63, 3.8) is 0 Å². The molecule has 2 aliphatic heterocycles. The van der Waals surface area contributed by atoms with Crippen LogP contribution in [0.25, 0.3) is 11.5 Å². The fourth-order valence-electron chi connectivity index (χ4n) is 5.93. The number of aryl methyl sites for hydroxylation is 1. The van der Waals surface area contributed by atoms with Gasteiger partial charge in [0.25, 0.3) is 0 Å². The zero-order valence-corrected chi connectivity index (χ0v) is 21.2. The van der Waals surface area contributed by atoms with Gasteiger partial charge in [0, 0.05) is 50.4 Å². The molecule has 0 N–H and O–H groups in total. The monoisotopic (exact) mass is 466 g/mol.